The highest BCUT2D eigenvalue weighted by molar-refractivity contribution is 5.67. The summed E-state index contributed by atoms with van der Waals surface area (Å²) in [5, 5.41) is 0. The molecule has 0 fully saturated rings. The minimum Gasteiger partial charge on any atom is -0.487 e. The molecule has 0 saturated carbocycles. The van der Waals surface area contributed by atoms with Crippen LogP contribution in [-0.4, -0.2) is 26.5 Å². The van der Waals surface area contributed by atoms with E-state index in [9.17, 15) is 0 Å². The van der Waals surface area contributed by atoms with Gasteiger partial charge in [-0.3, -0.25) is 4.98 Å². The Kier molecular flexibility index (Phi) is 6.06. The molecule has 4 rings (SSSR count). The lowest BCUT2D eigenvalue weighted by Crippen LogP contribution is -2.28. The number of hydrogen-bond acceptors (Lipinski definition) is 7. The van der Waals surface area contributed by atoms with E-state index in [1.54, 1.807) is 6.26 Å². The highest BCUT2D eigenvalue weighted by atomic mass is 16.5. The Balaban J connectivity index is 1.59. The lowest BCUT2D eigenvalue weighted by molar-refractivity contribution is 0.202. The van der Waals surface area contributed by atoms with Gasteiger partial charge in [0.25, 0.3) is 0 Å². The van der Waals surface area contributed by atoms with Gasteiger partial charge in [-0.15, -0.1) is 0 Å². The van der Waals surface area contributed by atoms with Crippen LogP contribution in [-0.2, 0) is 16.8 Å². The molecular formula is C26H31N5O2. The van der Waals surface area contributed by atoms with E-state index in [0.717, 1.165) is 57.7 Å². The molecule has 0 unspecified atom stereocenters. The minimum atomic E-state index is -0.126. The van der Waals surface area contributed by atoms with Crippen molar-refractivity contribution in [1.29, 1.82) is 0 Å². The molecule has 1 aliphatic rings. The van der Waals surface area contributed by atoms with Crippen LogP contribution in [0.25, 0.3) is 11.4 Å². The summed E-state index contributed by atoms with van der Waals surface area (Å²) in [7, 11) is 0. The molecule has 0 aromatic carbocycles. The van der Waals surface area contributed by atoms with Crippen LogP contribution in [0.15, 0.2) is 58.3 Å². The SMILES string of the molecule is CC1=CC(OCc2coc(C)n2)=C(C)CN1c1cc(-c2ccnc(C(C)(C)C)n2)ncc1C. The van der Waals surface area contributed by atoms with Crippen molar-refractivity contribution in [1.82, 2.24) is 19.9 Å². The summed E-state index contributed by atoms with van der Waals surface area (Å²) >= 11 is 0. The molecule has 7 nitrogen and oxygen atoms in total. The number of oxazole rings is 1. The molecule has 0 atom stereocenters. The predicted molar refractivity (Wildman–Crippen MR) is 129 cm³/mol. The van der Waals surface area contributed by atoms with E-state index in [-0.39, 0.29) is 5.41 Å². The van der Waals surface area contributed by atoms with Crippen LogP contribution < -0.4 is 4.90 Å². The van der Waals surface area contributed by atoms with Gasteiger partial charge < -0.3 is 14.1 Å². The Morgan fingerprint density at radius 1 is 1.06 bits per heavy atom. The van der Waals surface area contributed by atoms with Gasteiger partial charge >= 0.3 is 0 Å². The van der Waals surface area contributed by atoms with Gasteiger partial charge in [0.1, 0.15) is 30.1 Å². The monoisotopic (exact) mass is 445 g/mol. The molecule has 1 aliphatic heterocycles. The third kappa shape index (κ3) is 4.97. The lowest BCUT2D eigenvalue weighted by Gasteiger charge is -2.32. The second kappa shape index (κ2) is 8.81. The molecule has 0 saturated heterocycles. The maximum Gasteiger partial charge on any atom is 0.191 e. The van der Waals surface area contributed by atoms with Crippen LogP contribution in [0.4, 0.5) is 5.69 Å². The Labute approximate surface area is 195 Å². The van der Waals surface area contributed by atoms with Gasteiger partial charge in [0.2, 0.25) is 0 Å². The maximum atomic E-state index is 6.04. The zero-order chi connectivity index (χ0) is 23.8. The van der Waals surface area contributed by atoms with Gasteiger partial charge in [0, 0.05) is 42.7 Å². The van der Waals surface area contributed by atoms with Gasteiger partial charge in [0.15, 0.2) is 5.89 Å². The molecule has 7 heteroatoms. The van der Waals surface area contributed by atoms with E-state index in [0.29, 0.717) is 12.5 Å². The first kappa shape index (κ1) is 22.7. The summed E-state index contributed by atoms with van der Waals surface area (Å²) in [6.07, 6.45) is 7.43. The second-order valence-corrected chi connectivity index (χ2v) is 9.53. The largest absolute Gasteiger partial charge is 0.487 e. The molecule has 0 spiro atoms. The van der Waals surface area contributed by atoms with Crippen molar-refractivity contribution in [3.05, 3.63) is 76.9 Å². The number of allylic oxidation sites excluding steroid dienone is 2. The quantitative estimate of drug-likeness (QED) is 0.502. The van der Waals surface area contributed by atoms with Crippen LogP contribution in [0.1, 0.15) is 57.6 Å². The molecule has 0 N–H and O–H groups in total. The van der Waals surface area contributed by atoms with Crippen molar-refractivity contribution in [2.75, 3.05) is 11.4 Å². The van der Waals surface area contributed by atoms with Gasteiger partial charge in [0.05, 0.1) is 11.4 Å². The fourth-order valence-corrected chi connectivity index (χ4v) is 3.70. The summed E-state index contributed by atoms with van der Waals surface area (Å²) in [5.74, 6) is 2.32. The molecule has 0 bridgehead atoms. The van der Waals surface area contributed by atoms with Crippen molar-refractivity contribution >= 4 is 5.69 Å². The average molecular weight is 446 g/mol. The van der Waals surface area contributed by atoms with E-state index >= 15 is 0 Å². The van der Waals surface area contributed by atoms with Crippen molar-refractivity contribution in [3.63, 3.8) is 0 Å². The number of aromatic nitrogens is 4. The van der Waals surface area contributed by atoms with E-state index in [4.69, 9.17) is 14.1 Å². The summed E-state index contributed by atoms with van der Waals surface area (Å²) in [6.45, 7) is 15.6. The predicted octanol–water partition coefficient (Wildman–Crippen LogP) is 5.66. The Hall–Kier alpha value is -3.48. The molecule has 0 aliphatic carbocycles. The molecule has 3 aromatic heterocycles. The summed E-state index contributed by atoms with van der Waals surface area (Å²) in [5.41, 5.74) is 6.78. The van der Waals surface area contributed by atoms with Crippen molar-refractivity contribution in [2.24, 2.45) is 0 Å². The third-order valence-electron chi connectivity index (χ3n) is 5.58. The third-order valence-corrected chi connectivity index (χ3v) is 5.58. The van der Waals surface area contributed by atoms with Crippen LogP contribution in [0.2, 0.25) is 0 Å². The normalized spacial score (nSPS) is 14.5. The molecular weight excluding hydrogens is 414 g/mol. The minimum absolute atomic E-state index is 0.126. The number of anilines is 1. The van der Waals surface area contributed by atoms with Gasteiger partial charge in [-0.1, -0.05) is 20.8 Å². The van der Waals surface area contributed by atoms with E-state index in [1.165, 1.54) is 0 Å². The van der Waals surface area contributed by atoms with Crippen molar-refractivity contribution in [3.8, 4) is 11.4 Å². The second-order valence-electron chi connectivity index (χ2n) is 9.53. The maximum absolute atomic E-state index is 6.04. The zero-order valence-electron chi connectivity index (χ0n) is 20.4. The smallest absolute Gasteiger partial charge is 0.191 e. The molecule has 0 amide bonds. The van der Waals surface area contributed by atoms with Gasteiger partial charge in [-0.25, -0.2) is 15.0 Å². The van der Waals surface area contributed by atoms with Crippen molar-refractivity contribution < 1.29 is 9.15 Å². The van der Waals surface area contributed by atoms with E-state index in [2.05, 4.69) is 73.5 Å². The summed E-state index contributed by atoms with van der Waals surface area (Å²) < 4.78 is 11.3. The summed E-state index contributed by atoms with van der Waals surface area (Å²) in [6, 6.07) is 4.02. The van der Waals surface area contributed by atoms with Crippen molar-refractivity contribution in [2.45, 2.75) is 60.5 Å². The van der Waals surface area contributed by atoms with Crippen LogP contribution >= 0.6 is 0 Å². The number of pyridine rings is 1. The number of nitrogens with zero attached hydrogens (tertiary/aromatic N) is 5. The topological polar surface area (TPSA) is 77.2 Å². The summed E-state index contributed by atoms with van der Waals surface area (Å²) in [4.78, 5) is 20.5. The highest BCUT2D eigenvalue weighted by Crippen LogP contribution is 2.32. The van der Waals surface area contributed by atoms with Crippen LogP contribution in [0.3, 0.4) is 0 Å². The number of rotatable bonds is 5. The number of aryl methyl sites for hydroxylation is 2. The van der Waals surface area contributed by atoms with Crippen LogP contribution in [0.5, 0.6) is 0 Å². The number of ether oxygens (including phenoxy) is 1. The standard InChI is InChI=1S/C26H31N5O2/c1-16-12-28-22(21-8-9-27-25(30-21)26(5,6)7)11-23(16)31-13-17(2)24(10-18(31)3)33-15-20-14-32-19(4)29-20/h8-12,14H,13,15H2,1-7H3. The highest BCUT2D eigenvalue weighted by Gasteiger charge is 2.22. The molecule has 4 heterocycles. The Morgan fingerprint density at radius 2 is 1.85 bits per heavy atom. The molecule has 172 valence electrons. The fraction of sp³-hybridized carbons (Fsp3) is 0.385. The Bertz CT molecular complexity index is 1230. The first-order valence-corrected chi connectivity index (χ1v) is 11.1. The molecule has 33 heavy (non-hydrogen) atoms. The van der Waals surface area contributed by atoms with E-state index < -0.39 is 0 Å². The van der Waals surface area contributed by atoms with E-state index in [1.807, 2.05) is 25.4 Å². The lowest BCUT2D eigenvalue weighted by atomic mass is 9.95. The van der Waals surface area contributed by atoms with Crippen LogP contribution in [0, 0.1) is 13.8 Å². The first-order valence-electron chi connectivity index (χ1n) is 11.1. The average Bonchev–Trinajstić information content (AvgIpc) is 3.19. The Morgan fingerprint density at radius 3 is 2.55 bits per heavy atom. The number of hydrogen-bond donors (Lipinski definition) is 0. The molecule has 3 aromatic rings. The van der Waals surface area contributed by atoms with Gasteiger partial charge in [-0.05, 0) is 50.1 Å². The fourth-order valence-electron chi connectivity index (χ4n) is 3.70. The zero-order valence-corrected chi connectivity index (χ0v) is 20.4. The molecule has 0 radical (unpaired) electrons. The van der Waals surface area contributed by atoms with Gasteiger partial charge in [-0.2, -0.15) is 0 Å². The first-order chi connectivity index (χ1) is 15.6.